The minimum atomic E-state index is -3.16. The maximum Gasteiger partial charge on any atom is 0.211 e. The largest absolute Gasteiger partial charge is 0.368 e. The van der Waals surface area contributed by atoms with Crippen LogP contribution >= 0.6 is 0 Å². The van der Waals surface area contributed by atoms with Crippen molar-refractivity contribution in [1.29, 1.82) is 0 Å². The molecule has 7 heteroatoms. The number of pyridine rings is 2. The average Bonchev–Trinajstić information content (AvgIpc) is 2.54. The first-order chi connectivity index (χ1) is 11.0. The zero-order chi connectivity index (χ0) is 16.4. The van der Waals surface area contributed by atoms with Gasteiger partial charge in [0.2, 0.25) is 10.0 Å². The second-order valence-electron chi connectivity index (χ2n) is 5.80. The highest BCUT2D eigenvalue weighted by Crippen LogP contribution is 2.31. The Bertz CT molecular complexity index is 780. The lowest BCUT2D eigenvalue weighted by Gasteiger charge is -2.40. The van der Waals surface area contributed by atoms with Crippen molar-refractivity contribution in [1.82, 2.24) is 14.3 Å². The van der Waals surface area contributed by atoms with Crippen molar-refractivity contribution in [3.05, 3.63) is 43.0 Å². The first-order valence-electron chi connectivity index (χ1n) is 7.53. The second-order valence-corrected chi connectivity index (χ2v) is 7.74. The molecule has 0 aliphatic carbocycles. The van der Waals surface area contributed by atoms with Gasteiger partial charge in [0.05, 0.1) is 6.26 Å². The molecule has 0 saturated carbocycles. The van der Waals surface area contributed by atoms with Gasteiger partial charge in [0, 0.05) is 67.3 Å². The van der Waals surface area contributed by atoms with Crippen LogP contribution in [0.4, 0.5) is 5.69 Å². The Morgan fingerprint density at radius 1 is 1.13 bits per heavy atom. The smallest absolute Gasteiger partial charge is 0.211 e. The van der Waals surface area contributed by atoms with Crippen molar-refractivity contribution in [2.45, 2.75) is 13.0 Å². The van der Waals surface area contributed by atoms with Gasteiger partial charge in [-0.25, -0.2) is 8.42 Å². The van der Waals surface area contributed by atoms with Gasteiger partial charge in [-0.05, 0) is 19.1 Å². The molecule has 1 aliphatic heterocycles. The lowest BCUT2D eigenvalue weighted by atomic mass is 10.1. The van der Waals surface area contributed by atoms with Crippen LogP contribution in [0, 0.1) is 0 Å². The molecule has 1 fully saturated rings. The SMILES string of the molecule is C[C@H]1CN(c2ccncc2-c2cccnc2)CCN1S(C)(=O)=O. The van der Waals surface area contributed by atoms with E-state index in [1.54, 1.807) is 16.7 Å². The summed E-state index contributed by atoms with van der Waals surface area (Å²) in [4.78, 5) is 10.6. The van der Waals surface area contributed by atoms with Gasteiger partial charge in [0.1, 0.15) is 0 Å². The van der Waals surface area contributed by atoms with Gasteiger partial charge < -0.3 is 4.90 Å². The first-order valence-corrected chi connectivity index (χ1v) is 9.38. The molecule has 6 nitrogen and oxygen atoms in total. The van der Waals surface area contributed by atoms with Crippen molar-refractivity contribution in [3.63, 3.8) is 0 Å². The summed E-state index contributed by atoms with van der Waals surface area (Å²) in [6, 6.07) is 5.82. The van der Waals surface area contributed by atoms with Crippen molar-refractivity contribution in [2.24, 2.45) is 0 Å². The average molecular weight is 332 g/mol. The molecule has 0 unspecified atom stereocenters. The van der Waals surface area contributed by atoms with E-state index in [9.17, 15) is 8.42 Å². The predicted molar refractivity (Wildman–Crippen MR) is 90.7 cm³/mol. The molecule has 0 bridgehead atoms. The molecule has 23 heavy (non-hydrogen) atoms. The van der Waals surface area contributed by atoms with E-state index in [0.29, 0.717) is 19.6 Å². The molecule has 2 aromatic rings. The molecule has 0 aromatic carbocycles. The summed E-state index contributed by atoms with van der Waals surface area (Å²) in [7, 11) is -3.16. The minimum absolute atomic E-state index is 0.0614. The summed E-state index contributed by atoms with van der Waals surface area (Å²) in [6.07, 6.45) is 8.43. The fraction of sp³-hybridized carbons (Fsp3) is 0.375. The normalized spacial score (nSPS) is 19.7. The predicted octanol–water partition coefficient (Wildman–Crippen LogP) is 1.61. The number of sulfonamides is 1. The molecule has 0 amide bonds. The van der Waals surface area contributed by atoms with E-state index < -0.39 is 10.0 Å². The summed E-state index contributed by atoms with van der Waals surface area (Å²) >= 11 is 0. The summed E-state index contributed by atoms with van der Waals surface area (Å²) in [5, 5.41) is 0. The lowest BCUT2D eigenvalue weighted by Crippen LogP contribution is -2.53. The monoisotopic (exact) mass is 332 g/mol. The molecule has 0 radical (unpaired) electrons. The molecule has 0 spiro atoms. The summed E-state index contributed by atoms with van der Waals surface area (Å²) in [6.45, 7) is 3.76. The molecule has 122 valence electrons. The van der Waals surface area contributed by atoms with Gasteiger partial charge in [-0.15, -0.1) is 0 Å². The van der Waals surface area contributed by atoms with Gasteiger partial charge in [-0.2, -0.15) is 4.31 Å². The van der Waals surface area contributed by atoms with Crippen molar-refractivity contribution in [3.8, 4) is 11.1 Å². The fourth-order valence-corrected chi connectivity index (χ4v) is 4.19. The molecule has 3 rings (SSSR count). The highest BCUT2D eigenvalue weighted by atomic mass is 32.2. The molecule has 1 saturated heterocycles. The molecular weight excluding hydrogens is 312 g/mol. The Morgan fingerprint density at radius 3 is 2.57 bits per heavy atom. The van der Waals surface area contributed by atoms with Crippen LogP contribution in [0.15, 0.2) is 43.0 Å². The van der Waals surface area contributed by atoms with Crippen LogP contribution in [0.5, 0.6) is 0 Å². The number of piperazine rings is 1. The Labute approximate surface area is 136 Å². The highest BCUT2D eigenvalue weighted by molar-refractivity contribution is 7.88. The van der Waals surface area contributed by atoms with E-state index in [2.05, 4.69) is 14.9 Å². The highest BCUT2D eigenvalue weighted by Gasteiger charge is 2.30. The number of rotatable bonds is 3. The maximum atomic E-state index is 11.8. The Morgan fingerprint density at radius 2 is 1.91 bits per heavy atom. The van der Waals surface area contributed by atoms with E-state index >= 15 is 0 Å². The maximum absolute atomic E-state index is 11.8. The minimum Gasteiger partial charge on any atom is -0.368 e. The quantitative estimate of drug-likeness (QED) is 0.854. The van der Waals surface area contributed by atoms with E-state index in [1.165, 1.54) is 6.26 Å². The number of hydrogen-bond acceptors (Lipinski definition) is 5. The number of hydrogen-bond donors (Lipinski definition) is 0. The molecule has 3 heterocycles. The standard InChI is InChI=1S/C16H20N4O2S/c1-13-12-19(8-9-20(13)23(2,21)22)16-5-7-18-11-15(16)14-4-3-6-17-10-14/h3-7,10-11,13H,8-9,12H2,1-2H3/t13-/m0/s1. The van der Waals surface area contributed by atoms with Gasteiger partial charge in [-0.3, -0.25) is 9.97 Å². The van der Waals surface area contributed by atoms with Crippen molar-refractivity contribution >= 4 is 15.7 Å². The van der Waals surface area contributed by atoms with Crippen LogP contribution in [0.1, 0.15) is 6.92 Å². The molecular formula is C16H20N4O2S. The Kier molecular flexibility index (Phi) is 4.32. The third-order valence-corrected chi connectivity index (χ3v) is 5.50. The summed E-state index contributed by atoms with van der Waals surface area (Å²) in [5.41, 5.74) is 3.09. The first kappa shape index (κ1) is 15.9. The van der Waals surface area contributed by atoms with Crippen LogP contribution < -0.4 is 4.90 Å². The Balaban J connectivity index is 1.90. The van der Waals surface area contributed by atoms with E-state index in [-0.39, 0.29) is 6.04 Å². The second kappa shape index (κ2) is 6.25. The van der Waals surface area contributed by atoms with Crippen LogP contribution in [0.3, 0.4) is 0 Å². The number of aromatic nitrogens is 2. The zero-order valence-electron chi connectivity index (χ0n) is 13.3. The number of nitrogens with zero attached hydrogens (tertiary/aromatic N) is 4. The zero-order valence-corrected chi connectivity index (χ0v) is 14.1. The summed E-state index contributed by atoms with van der Waals surface area (Å²) in [5.74, 6) is 0. The topological polar surface area (TPSA) is 66.4 Å². The van der Waals surface area contributed by atoms with E-state index in [4.69, 9.17) is 0 Å². The van der Waals surface area contributed by atoms with Crippen LogP contribution in [-0.2, 0) is 10.0 Å². The third-order valence-electron chi connectivity index (χ3n) is 4.10. The summed E-state index contributed by atoms with van der Waals surface area (Å²) < 4.78 is 25.2. The molecule has 0 N–H and O–H groups in total. The third kappa shape index (κ3) is 3.35. The van der Waals surface area contributed by atoms with Gasteiger partial charge in [-0.1, -0.05) is 6.07 Å². The molecule has 1 atom stereocenters. The van der Waals surface area contributed by atoms with Gasteiger partial charge in [0.25, 0.3) is 0 Å². The Hall–Kier alpha value is -1.99. The van der Waals surface area contributed by atoms with Crippen LogP contribution in [-0.4, -0.2) is 54.6 Å². The van der Waals surface area contributed by atoms with E-state index in [0.717, 1.165) is 16.8 Å². The van der Waals surface area contributed by atoms with E-state index in [1.807, 2.05) is 37.5 Å². The number of anilines is 1. The molecule has 1 aliphatic rings. The van der Waals surface area contributed by atoms with Crippen molar-refractivity contribution in [2.75, 3.05) is 30.8 Å². The fourth-order valence-electron chi connectivity index (χ4n) is 3.06. The van der Waals surface area contributed by atoms with Gasteiger partial charge >= 0.3 is 0 Å². The van der Waals surface area contributed by atoms with Crippen molar-refractivity contribution < 1.29 is 8.42 Å². The van der Waals surface area contributed by atoms with Crippen LogP contribution in [0.25, 0.3) is 11.1 Å². The van der Waals surface area contributed by atoms with Crippen LogP contribution in [0.2, 0.25) is 0 Å². The lowest BCUT2D eigenvalue weighted by molar-refractivity contribution is 0.309. The molecule has 2 aromatic heterocycles. The van der Waals surface area contributed by atoms with Gasteiger partial charge in [0.15, 0.2) is 0 Å².